The van der Waals surface area contributed by atoms with Crippen LogP contribution < -0.4 is 5.46 Å². The maximum Gasteiger partial charge on any atom is 0.488 e. The molecule has 2 aromatic carbocycles. The van der Waals surface area contributed by atoms with Gasteiger partial charge in [-0.3, -0.25) is 4.79 Å². The van der Waals surface area contributed by atoms with E-state index in [-0.39, 0.29) is 18.6 Å². The normalized spacial score (nSPS) is 10.9. The van der Waals surface area contributed by atoms with E-state index in [0.29, 0.717) is 5.46 Å². The van der Waals surface area contributed by atoms with Crippen molar-refractivity contribution < 1.29 is 14.8 Å². The van der Waals surface area contributed by atoms with Gasteiger partial charge in [0.15, 0.2) is 0 Å². The highest BCUT2D eigenvalue weighted by Crippen LogP contribution is 2.26. The number of fused-ring (bicyclic) bond motifs is 1. The van der Waals surface area contributed by atoms with Crippen LogP contribution in [0.4, 0.5) is 0 Å². The Morgan fingerprint density at radius 3 is 2.39 bits per heavy atom. The fraction of sp³-hybridized carbons (Fsp3) is 0.0909. The second-order valence-electron chi connectivity index (χ2n) is 6.76. The van der Waals surface area contributed by atoms with E-state index < -0.39 is 7.12 Å². The Hall–Kier alpha value is -3.22. The molecule has 0 fully saturated rings. The first-order valence-corrected chi connectivity index (χ1v) is 9.08. The lowest BCUT2D eigenvalue weighted by molar-refractivity contribution is -0.117. The summed E-state index contributed by atoms with van der Waals surface area (Å²) in [4.78, 5) is 17.0. The summed E-state index contributed by atoms with van der Waals surface area (Å²) >= 11 is 0. The molecule has 0 atom stereocenters. The summed E-state index contributed by atoms with van der Waals surface area (Å²) < 4.78 is 1.96. The molecule has 2 aromatic heterocycles. The van der Waals surface area contributed by atoms with Crippen LogP contribution in [-0.2, 0) is 17.6 Å². The molecule has 6 heteroatoms. The lowest BCUT2D eigenvalue weighted by Crippen LogP contribution is -2.29. The molecule has 0 unspecified atom stereocenters. The van der Waals surface area contributed by atoms with Crippen LogP contribution >= 0.6 is 0 Å². The predicted octanol–water partition coefficient (Wildman–Crippen LogP) is 2.04. The van der Waals surface area contributed by atoms with Gasteiger partial charge < -0.3 is 14.4 Å². The SMILES string of the molecule is O=C(Cc1ccc(B(O)O)cc1)Cc1c(-c2ccccc2)ccc2cncn12. The number of ketones is 1. The van der Waals surface area contributed by atoms with Crippen LogP contribution in [0.5, 0.6) is 0 Å². The van der Waals surface area contributed by atoms with E-state index in [9.17, 15) is 14.8 Å². The highest BCUT2D eigenvalue weighted by atomic mass is 16.4. The van der Waals surface area contributed by atoms with Crippen molar-refractivity contribution in [3.05, 3.63) is 90.5 Å². The van der Waals surface area contributed by atoms with Gasteiger partial charge in [-0.05, 0) is 22.7 Å². The maximum atomic E-state index is 12.8. The second kappa shape index (κ2) is 7.80. The van der Waals surface area contributed by atoms with Gasteiger partial charge in [-0.15, -0.1) is 0 Å². The molecule has 0 saturated heterocycles. The Bertz CT molecular complexity index is 1110. The molecule has 138 valence electrons. The third kappa shape index (κ3) is 3.74. The Balaban J connectivity index is 1.63. The number of hydrogen-bond donors (Lipinski definition) is 2. The van der Waals surface area contributed by atoms with Gasteiger partial charge in [-0.25, -0.2) is 4.98 Å². The highest BCUT2D eigenvalue weighted by Gasteiger charge is 2.15. The summed E-state index contributed by atoms with van der Waals surface area (Å²) in [5, 5.41) is 18.4. The minimum atomic E-state index is -1.50. The largest absolute Gasteiger partial charge is 0.488 e. The molecule has 2 heterocycles. The summed E-state index contributed by atoms with van der Waals surface area (Å²) in [5.74, 6) is 0.0793. The summed E-state index contributed by atoms with van der Waals surface area (Å²) in [6.45, 7) is 0. The van der Waals surface area contributed by atoms with Crippen molar-refractivity contribution in [3.8, 4) is 11.1 Å². The first-order valence-electron chi connectivity index (χ1n) is 9.08. The lowest BCUT2D eigenvalue weighted by Gasteiger charge is -2.13. The number of carbonyl (C=O) groups excluding carboxylic acids is 1. The van der Waals surface area contributed by atoms with Crippen molar-refractivity contribution >= 4 is 23.9 Å². The number of aromatic nitrogens is 2. The fourth-order valence-corrected chi connectivity index (χ4v) is 3.39. The maximum absolute atomic E-state index is 12.8. The summed E-state index contributed by atoms with van der Waals surface area (Å²) in [6, 6.07) is 20.8. The van der Waals surface area contributed by atoms with E-state index in [1.807, 2.05) is 46.9 Å². The average molecular weight is 370 g/mol. The predicted molar refractivity (Wildman–Crippen MR) is 109 cm³/mol. The van der Waals surface area contributed by atoms with Crippen molar-refractivity contribution in [2.75, 3.05) is 0 Å². The number of imidazole rings is 1. The van der Waals surface area contributed by atoms with Gasteiger partial charge in [0.1, 0.15) is 5.78 Å². The molecule has 0 bridgehead atoms. The number of carbonyl (C=O) groups is 1. The highest BCUT2D eigenvalue weighted by molar-refractivity contribution is 6.58. The number of Topliss-reactive ketones (excluding diaryl/α,β-unsaturated/α-hetero) is 1. The monoisotopic (exact) mass is 370 g/mol. The lowest BCUT2D eigenvalue weighted by atomic mass is 9.80. The minimum Gasteiger partial charge on any atom is -0.423 e. The Morgan fingerprint density at radius 1 is 0.929 bits per heavy atom. The van der Waals surface area contributed by atoms with E-state index in [4.69, 9.17) is 0 Å². The Kier molecular flexibility index (Phi) is 5.06. The van der Waals surface area contributed by atoms with Crippen molar-refractivity contribution in [1.29, 1.82) is 0 Å². The number of benzene rings is 2. The molecule has 2 N–H and O–H groups in total. The third-order valence-electron chi connectivity index (χ3n) is 4.82. The van der Waals surface area contributed by atoms with E-state index in [0.717, 1.165) is 27.9 Å². The number of rotatable bonds is 6. The molecule has 5 nitrogen and oxygen atoms in total. The molecule has 4 aromatic rings. The smallest absolute Gasteiger partial charge is 0.423 e. The first kappa shape index (κ1) is 18.2. The Morgan fingerprint density at radius 2 is 1.68 bits per heavy atom. The van der Waals surface area contributed by atoms with Crippen LogP contribution in [0, 0.1) is 0 Å². The molecular formula is C22H19BN2O3. The van der Waals surface area contributed by atoms with Crippen LogP contribution in [0.1, 0.15) is 11.3 Å². The number of hydrogen-bond acceptors (Lipinski definition) is 4. The second-order valence-corrected chi connectivity index (χ2v) is 6.76. The minimum absolute atomic E-state index is 0.0793. The molecule has 0 aliphatic heterocycles. The van der Waals surface area contributed by atoms with E-state index in [1.165, 1.54) is 0 Å². The van der Waals surface area contributed by atoms with Gasteiger partial charge in [-0.1, -0.05) is 60.7 Å². The van der Waals surface area contributed by atoms with Gasteiger partial charge in [0.05, 0.1) is 18.0 Å². The molecule has 0 amide bonds. The van der Waals surface area contributed by atoms with Crippen molar-refractivity contribution in [2.45, 2.75) is 12.8 Å². The van der Waals surface area contributed by atoms with Gasteiger partial charge in [-0.2, -0.15) is 0 Å². The summed E-state index contributed by atoms with van der Waals surface area (Å²) in [5.41, 5.74) is 5.18. The van der Waals surface area contributed by atoms with Crippen LogP contribution in [0.25, 0.3) is 16.6 Å². The summed E-state index contributed by atoms with van der Waals surface area (Å²) in [7, 11) is -1.50. The van der Waals surface area contributed by atoms with E-state index in [1.54, 1.807) is 36.8 Å². The third-order valence-corrected chi connectivity index (χ3v) is 4.82. The van der Waals surface area contributed by atoms with Crippen molar-refractivity contribution in [2.24, 2.45) is 0 Å². The van der Waals surface area contributed by atoms with Crippen molar-refractivity contribution in [3.63, 3.8) is 0 Å². The molecule has 0 radical (unpaired) electrons. The van der Waals surface area contributed by atoms with E-state index in [2.05, 4.69) is 4.98 Å². The molecule has 4 rings (SSSR count). The quantitative estimate of drug-likeness (QED) is 0.510. The van der Waals surface area contributed by atoms with Crippen LogP contribution in [0.2, 0.25) is 0 Å². The number of pyridine rings is 1. The Labute approximate surface area is 163 Å². The molecule has 0 saturated carbocycles. The van der Waals surface area contributed by atoms with Gasteiger partial charge >= 0.3 is 7.12 Å². The molecule has 0 spiro atoms. The first-order chi connectivity index (χ1) is 13.6. The van der Waals surface area contributed by atoms with Gasteiger partial charge in [0.25, 0.3) is 0 Å². The topological polar surface area (TPSA) is 74.8 Å². The number of nitrogens with zero attached hydrogens (tertiary/aromatic N) is 2. The summed E-state index contributed by atoms with van der Waals surface area (Å²) in [6.07, 6.45) is 4.08. The average Bonchev–Trinajstić information content (AvgIpc) is 3.18. The zero-order valence-corrected chi connectivity index (χ0v) is 15.2. The molecule has 0 aliphatic carbocycles. The fourth-order valence-electron chi connectivity index (χ4n) is 3.39. The molecule has 28 heavy (non-hydrogen) atoms. The van der Waals surface area contributed by atoms with Gasteiger partial charge in [0, 0.05) is 24.1 Å². The van der Waals surface area contributed by atoms with Gasteiger partial charge in [0.2, 0.25) is 0 Å². The zero-order chi connectivity index (χ0) is 19.5. The molecular weight excluding hydrogens is 351 g/mol. The standard InChI is InChI=1S/C22H19BN2O3/c26-20(12-16-6-8-18(9-7-16)23(27)28)13-22-21(17-4-2-1-3-5-17)11-10-19-14-24-15-25(19)22/h1-11,14-15,27-28H,12-13H2. The van der Waals surface area contributed by atoms with Crippen LogP contribution in [0.3, 0.4) is 0 Å². The van der Waals surface area contributed by atoms with Crippen LogP contribution in [0.15, 0.2) is 79.3 Å². The van der Waals surface area contributed by atoms with Crippen molar-refractivity contribution in [1.82, 2.24) is 9.38 Å². The molecule has 0 aliphatic rings. The van der Waals surface area contributed by atoms with E-state index >= 15 is 0 Å². The van der Waals surface area contributed by atoms with Crippen LogP contribution in [-0.4, -0.2) is 32.3 Å². The zero-order valence-electron chi connectivity index (χ0n) is 15.2.